The van der Waals surface area contributed by atoms with E-state index in [2.05, 4.69) is 15.4 Å². The summed E-state index contributed by atoms with van der Waals surface area (Å²) in [4.78, 5) is 9.30. The number of nitrogens with one attached hydrogen (secondary N) is 1. The first-order chi connectivity index (χ1) is 13.5. The lowest BCUT2D eigenvalue weighted by Crippen LogP contribution is -2.13. The summed E-state index contributed by atoms with van der Waals surface area (Å²) in [6.45, 7) is 4.63. The number of halogens is 1. The normalized spacial score (nSPS) is 11.3. The highest BCUT2D eigenvalue weighted by Crippen LogP contribution is 2.32. The Morgan fingerprint density at radius 2 is 1.86 bits per heavy atom. The molecule has 3 N–H and O–H groups in total. The minimum atomic E-state index is 0.188. The number of anilines is 2. The molecular formula is C21H21ClN6. The van der Waals surface area contributed by atoms with Crippen molar-refractivity contribution < 1.29 is 0 Å². The lowest BCUT2D eigenvalue weighted by molar-refractivity contribution is 0.703. The van der Waals surface area contributed by atoms with Gasteiger partial charge in [0.05, 0.1) is 17.6 Å². The molecule has 6 nitrogen and oxygen atoms in total. The number of nitrogens with two attached hydrogens (primary N) is 1. The Labute approximate surface area is 168 Å². The Bertz CT molecular complexity index is 1120. The molecule has 0 saturated heterocycles. The van der Waals surface area contributed by atoms with Crippen molar-refractivity contribution in [1.29, 1.82) is 0 Å². The fourth-order valence-electron chi connectivity index (χ4n) is 3.10. The van der Waals surface area contributed by atoms with Crippen LogP contribution in [0.15, 0.2) is 54.6 Å². The van der Waals surface area contributed by atoms with Gasteiger partial charge in [0, 0.05) is 16.6 Å². The molecule has 0 atom stereocenters. The molecule has 2 aromatic heterocycles. The number of rotatable bonds is 5. The van der Waals surface area contributed by atoms with Crippen molar-refractivity contribution in [2.75, 3.05) is 11.1 Å². The Morgan fingerprint density at radius 1 is 1.07 bits per heavy atom. The van der Waals surface area contributed by atoms with E-state index in [1.807, 2.05) is 68.4 Å². The van der Waals surface area contributed by atoms with Crippen LogP contribution < -0.4 is 11.1 Å². The molecule has 2 heterocycles. The number of benzene rings is 2. The van der Waals surface area contributed by atoms with Crippen LogP contribution in [0.2, 0.25) is 5.02 Å². The molecule has 2 aromatic carbocycles. The van der Waals surface area contributed by atoms with Crippen molar-refractivity contribution in [2.24, 2.45) is 0 Å². The summed E-state index contributed by atoms with van der Waals surface area (Å²) in [5.74, 6) is 1.05. The maximum atomic E-state index is 6.48. The van der Waals surface area contributed by atoms with Gasteiger partial charge in [-0.15, -0.1) is 5.10 Å². The maximum absolute atomic E-state index is 6.48. The first-order valence-corrected chi connectivity index (χ1v) is 9.49. The highest BCUT2D eigenvalue weighted by molar-refractivity contribution is 6.30. The van der Waals surface area contributed by atoms with Crippen LogP contribution in [0.4, 0.5) is 11.8 Å². The van der Waals surface area contributed by atoms with Crippen LogP contribution in [-0.2, 0) is 6.54 Å². The molecular weight excluding hydrogens is 372 g/mol. The molecule has 0 aliphatic rings. The van der Waals surface area contributed by atoms with Gasteiger partial charge in [0.25, 0.3) is 0 Å². The second-order valence-corrected chi connectivity index (χ2v) is 7.37. The predicted molar refractivity (Wildman–Crippen MR) is 114 cm³/mol. The fourth-order valence-corrected chi connectivity index (χ4v) is 3.29. The van der Waals surface area contributed by atoms with Gasteiger partial charge in [-0.05, 0) is 31.5 Å². The number of fused-ring (bicyclic) bond motifs is 1. The van der Waals surface area contributed by atoms with Gasteiger partial charge in [0.1, 0.15) is 5.82 Å². The Kier molecular flexibility index (Phi) is 4.88. The molecule has 28 heavy (non-hydrogen) atoms. The summed E-state index contributed by atoms with van der Waals surface area (Å²) >= 11 is 6.21. The van der Waals surface area contributed by atoms with Gasteiger partial charge in [-0.25, -0.2) is 9.67 Å². The van der Waals surface area contributed by atoms with Gasteiger partial charge in [-0.1, -0.05) is 54.1 Å². The highest BCUT2D eigenvalue weighted by atomic mass is 35.5. The van der Waals surface area contributed by atoms with Crippen molar-refractivity contribution in [3.05, 3.63) is 65.2 Å². The van der Waals surface area contributed by atoms with Crippen LogP contribution in [0.1, 0.15) is 19.4 Å². The Balaban J connectivity index is 1.90. The summed E-state index contributed by atoms with van der Waals surface area (Å²) in [6, 6.07) is 17.8. The average molecular weight is 393 g/mol. The third-order valence-electron chi connectivity index (χ3n) is 4.33. The van der Waals surface area contributed by atoms with Crippen LogP contribution >= 0.6 is 11.6 Å². The summed E-state index contributed by atoms with van der Waals surface area (Å²) in [5, 5.41) is 9.27. The van der Waals surface area contributed by atoms with Gasteiger partial charge in [0.15, 0.2) is 5.65 Å². The summed E-state index contributed by atoms with van der Waals surface area (Å²) in [6.07, 6.45) is 0. The highest BCUT2D eigenvalue weighted by Gasteiger charge is 2.19. The van der Waals surface area contributed by atoms with Crippen LogP contribution in [0.5, 0.6) is 0 Å². The molecule has 7 heteroatoms. The molecule has 0 saturated carbocycles. The molecule has 4 aromatic rings. The third kappa shape index (κ3) is 3.64. The molecule has 0 aliphatic heterocycles. The minimum absolute atomic E-state index is 0.188. The largest absolute Gasteiger partial charge is 0.383 e. The number of aromatic nitrogens is 4. The molecule has 0 radical (unpaired) electrons. The van der Waals surface area contributed by atoms with E-state index in [0.717, 1.165) is 16.5 Å². The first kappa shape index (κ1) is 18.3. The number of nitrogens with zero attached hydrogens (tertiary/aromatic N) is 4. The molecule has 0 aliphatic carbocycles. The van der Waals surface area contributed by atoms with Crippen molar-refractivity contribution in [3.8, 4) is 11.3 Å². The van der Waals surface area contributed by atoms with Gasteiger partial charge in [-0.3, -0.25) is 0 Å². The van der Waals surface area contributed by atoms with Gasteiger partial charge in [0.2, 0.25) is 5.95 Å². The number of hydrogen-bond acceptors (Lipinski definition) is 5. The maximum Gasteiger partial charge on any atom is 0.225 e. The lowest BCUT2D eigenvalue weighted by atomic mass is 10.1. The minimum Gasteiger partial charge on any atom is -0.383 e. The average Bonchev–Trinajstić information content (AvgIpc) is 2.97. The zero-order valence-electron chi connectivity index (χ0n) is 15.7. The van der Waals surface area contributed by atoms with Gasteiger partial charge < -0.3 is 11.1 Å². The first-order valence-electron chi connectivity index (χ1n) is 9.11. The van der Waals surface area contributed by atoms with Gasteiger partial charge in [-0.2, -0.15) is 4.98 Å². The molecule has 0 unspecified atom stereocenters. The summed E-state index contributed by atoms with van der Waals surface area (Å²) in [7, 11) is 0. The van der Waals surface area contributed by atoms with Crippen LogP contribution in [0, 0.1) is 0 Å². The Morgan fingerprint density at radius 3 is 2.57 bits per heavy atom. The van der Waals surface area contributed by atoms with Gasteiger partial charge >= 0.3 is 0 Å². The second kappa shape index (κ2) is 7.48. The fraction of sp³-hybridized carbons (Fsp3) is 0.190. The van der Waals surface area contributed by atoms with Crippen LogP contribution in [0.25, 0.3) is 22.3 Å². The van der Waals surface area contributed by atoms with E-state index in [4.69, 9.17) is 22.3 Å². The van der Waals surface area contributed by atoms with E-state index < -0.39 is 0 Å². The zero-order chi connectivity index (χ0) is 19.7. The van der Waals surface area contributed by atoms with Crippen LogP contribution in [-0.4, -0.2) is 25.8 Å². The Hall–Kier alpha value is -3.12. The summed E-state index contributed by atoms with van der Waals surface area (Å²) < 4.78 is 1.77. The van der Waals surface area contributed by atoms with E-state index in [1.54, 1.807) is 4.68 Å². The van der Waals surface area contributed by atoms with E-state index >= 15 is 0 Å². The van der Waals surface area contributed by atoms with Crippen molar-refractivity contribution in [3.63, 3.8) is 0 Å². The standard InChI is InChI=1S/C21H21ClN6/c1-13(2)24-21-25-18(15-9-6-10-16(22)11-15)17-19(23)28(27-20(17)26-21)12-14-7-4-3-5-8-14/h3-11,13H,12,23H2,1-2H3,(H,24,26,27). The topological polar surface area (TPSA) is 81.6 Å². The SMILES string of the molecule is CC(C)Nc1nc(-c2cccc(Cl)c2)c2c(N)n(Cc3ccccc3)nc2n1. The second-order valence-electron chi connectivity index (χ2n) is 6.93. The van der Waals surface area contributed by atoms with E-state index in [-0.39, 0.29) is 6.04 Å². The quantitative estimate of drug-likeness (QED) is 0.518. The van der Waals surface area contributed by atoms with Crippen molar-refractivity contribution >= 4 is 34.4 Å². The summed E-state index contributed by atoms with van der Waals surface area (Å²) in [5.41, 5.74) is 9.74. The zero-order valence-corrected chi connectivity index (χ0v) is 16.5. The predicted octanol–water partition coefficient (Wildman–Crippen LogP) is 4.60. The lowest BCUT2D eigenvalue weighted by Gasteiger charge is -2.10. The molecule has 0 spiro atoms. The van der Waals surface area contributed by atoms with Crippen molar-refractivity contribution in [1.82, 2.24) is 19.7 Å². The van der Waals surface area contributed by atoms with E-state index in [0.29, 0.717) is 34.7 Å². The molecule has 142 valence electrons. The molecule has 4 rings (SSSR count). The third-order valence-corrected chi connectivity index (χ3v) is 4.57. The molecule has 0 fully saturated rings. The van der Waals surface area contributed by atoms with Crippen molar-refractivity contribution in [2.45, 2.75) is 26.4 Å². The smallest absolute Gasteiger partial charge is 0.225 e. The number of hydrogen-bond donors (Lipinski definition) is 2. The monoisotopic (exact) mass is 392 g/mol. The van der Waals surface area contributed by atoms with E-state index in [9.17, 15) is 0 Å². The molecule has 0 bridgehead atoms. The molecule has 0 amide bonds. The number of nitrogen functional groups attached to an aromatic ring is 1. The van der Waals surface area contributed by atoms with Crippen LogP contribution in [0.3, 0.4) is 0 Å². The van der Waals surface area contributed by atoms with E-state index in [1.165, 1.54) is 0 Å².